The van der Waals surface area contributed by atoms with Crippen LogP contribution in [0.2, 0.25) is 0 Å². The molecule has 0 saturated heterocycles. The summed E-state index contributed by atoms with van der Waals surface area (Å²) >= 11 is 5.92. The molecule has 2 unspecified atom stereocenters. The van der Waals surface area contributed by atoms with E-state index >= 15 is 0 Å². The molecule has 0 radical (unpaired) electrons. The fourth-order valence-corrected chi connectivity index (χ4v) is 2.87. The smallest absolute Gasteiger partial charge is 0.316 e. The Bertz CT molecular complexity index is 607. The number of rotatable bonds is 11. The van der Waals surface area contributed by atoms with Crippen LogP contribution in [0.25, 0.3) is 0 Å². The molecular formula is C20H25ClO4. The number of ether oxygens (including phenoxy) is 2. The molecule has 25 heavy (non-hydrogen) atoms. The quantitative estimate of drug-likeness (QED) is 0.245. The first-order valence-corrected chi connectivity index (χ1v) is 8.59. The fraction of sp³-hybridized carbons (Fsp3) is 0.400. The van der Waals surface area contributed by atoms with Crippen LogP contribution in [0.1, 0.15) is 36.5 Å². The van der Waals surface area contributed by atoms with Crippen molar-refractivity contribution in [3.8, 4) is 5.75 Å². The molecule has 0 saturated carbocycles. The van der Waals surface area contributed by atoms with Crippen molar-refractivity contribution in [2.45, 2.75) is 26.2 Å². The molecule has 0 fully saturated rings. The van der Waals surface area contributed by atoms with Crippen molar-refractivity contribution >= 4 is 23.4 Å². The number of Topliss-reactive ketones (excluding diaryl/α,β-unsaturated/α-hetero) is 1. The molecule has 0 amide bonds. The highest BCUT2D eigenvalue weighted by Gasteiger charge is 2.31. The van der Waals surface area contributed by atoms with Crippen LogP contribution in [0, 0.1) is 11.8 Å². The zero-order chi connectivity index (χ0) is 18.8. The van der Waals surface area contributed by atoms with Crippen molar-refractivity contribution in [1.29, 1.82) is 0 Å². The molecule has 0 spiro atoms. The molecule has 0 heterocycles. The SMILES string of the molecule is C=CCC(CC(=C)Cl)CC(C(=O)OCC)C(=O)c1ccc(OC)cc1. The van der Waals surface area contributed by atoms with Gasteiger partial charge in [0.1, 0.15) is 11.7 Å². The number of carbonyl (C=O) groups is 2. The van der Waals surface area contributed by atoms with Gasteiger partial charge in [-0.15, -0.1) is 6.58 Å². The highest BCUT2D eigenvalue weighted by molar-refractivity contribution is 6.29. The van der Waals surface area contributed by atoms with Gasteiger partial charge in [0, 0.05) is 10.6 Å². The van der Waals surface area contributed by atoms with Gasteiger partial charge in [-0.25, -0.2) is 0 Å². The second-order valence-corrected chi connectivity index (χ2v) is 6.28. The average molecular weight is 365 g/mol. The number of esters is 1. The van der Waals surface area contributed by atoms with Crippen molar-refractivity contribution in [3.05, 3.63) is 54.1 Å². The lowest BCUT2D eigenvalue weighted by Gasteiger charge is -2.21. The van der Waals surface area contributed by atoms with E-state index in [9.17, 15) is 9.59 Å². The summed E-state index contributed by atoms with van der Waals surface area (Å²) in [5.41, 5.74) is 0.445. The molecule has 0 aliphatic carbocycles. The van der Waals surface area contributed by atoms with Crippen LogP contribution in [0.15, 0.2) is 48.5 Å². The Morgan fingerprint density at radius 3 is 2.40 bits per heavy atom. The van der Waals surface area contributed by atoms with E-state index in [1.165, 1.54) is 0 Å². The van der Waals surface area contributed by atoms with Crippen molar-refractivity contribution in [1.82, 2.24) is 0 Å². The van der Waals surface area contributed by atoms with Crippen LogP contribution in [-0.2, 0) is 9.53 Å². The van der Waals surface area contributed by atoms with Crippen molar-refractivity contribution in [2.24, 2.45) is 11.8 Å². The number of benzene rings is 1. The van der Waals surface area contributed by atoms with E-state index in [2.05, 4.69) is 13.2 Å². The zero-order valence-corrected chi connectivity index (χ0v) is 15.6. The zero-order valence-electron chi connectivity index (χ0n) is 14.8. The Kier molecular flexibility index (Phi) is 9.00. The Labute approximate surface area is 154 Å². The van der Waals surface area contributed by atoms with Crippen LogP contribution in [0.5, 0.6) is 5.75 Å². The van der Waals surface area contributed by atoms with Crippen molar-refractivity contribution in [2.75, 3.05) is 13.7 Å². The van der Waals surface area contributed by atoms with Gasteiger partial charge in [-0.1, -0.05) is 24.3 Å². The maximum absolute atomic E-state index is 12.9. The third kappa shape index (κ3) is 6.75. The fourth-order valence-electron chi connectivity index (χ4n) is 2.65. The number of allylic oxidation sites excluding steroid dienone is 2. The standard InChI is InChI=1S/C20H25ClO4/c1-5-7-15(12-14(3)21)13-18(20(23)25-6-2)19(22)16-8-10-17(24-4)11-9-16/h5,8-11,15,18H,1,3,6-7,12-13H2,2,4H3. The Balaban J connectivity index is 3.04. The van der Waals surface area contributed by atoms with E-state index in [4.69, 9.17) is 21.1 Å². The van der Waals surface area contributed by atoms with Gasteiger partial charge in [0.2, 0.25) is 0 Å². The number of halogens is 1. The largest absolute Gasteiger partial charge is 0.497 e. The Hall–Kier alpha value is -2.07. The first-order valence-electron chi connectivity index (χ1n) is 8.21. The summed E-state index contributed by atoms with van der Waals surface area (Å²) in [5.74, 6) is -1.02. The predicted octanol–water partition coefficient (Wildman–Crippen LogP) is 4.78. The molecule has 1 aromatic carbocycles. The van der Waals surface area contributed by atoms with Gasteiger partial charge in [-0.05, 0) is 56.4 Å². The lowest BCUT2D eigenvalue weighted by Crippen LogP contribution is -2.28. The van der Waals surface area contributed by atoms with E-state index in [1.807, 2.05) is 0 Å². The number of hydrogen-bond donors (Lipinski definition) is 0. The van der Waals surface area contributed by atoms with E-state index in [0.29, 0.717) is 35.6 Å². The van der Waals surface area contributed by atoms with Crippen LogP contribution in [0.3, 0.4) is 0 Å². The molecule has 1 aromatic rings. The number of carbonyl (C=O) groups excluding carboxylic acids is 2. The second-order valence-electron chi connectivity index (χ2n) is 5.74. The third-order valence-electron chi connectivity index (χ3n) is 3.84. The summed E-state index contributed by atoms with van der Waals surface area (Å²) in [6, 6.07) is 6.68. The molecule has 0 aliphatic rings. The van der Waals surface area contributed by atoms with Gasteiger partial charge < -0.3 is 9.47 Å². The van der Waals surface area contributed by atoms with Crippen LogP contribution < -0.4 is 4.74 Å². The first-order chi connectivity index (χ1) is 11.9. The topological polar surface area (TPSA) is 52.6 Å². The lowest BCUT2D eigenvalue weighted by atomic mass is 9.85. The number of methoxy groups -OCH3 is 1. The average Bonchev–Trinajstić information content (AvgIpc) is 2.59. The molecule has 136 valence electrons. The van der Waals surface area contributed by atoms with Crippen LogP contribution in [-0.4, -0.2) is 25.5 Å². The van der Waals surface area contributed by atoms with E-state index in [0.717, 1.165) is 0 Å². The van der Waals surface area contributed by atoms with E-state index < -0.39 is 11.9 Å². The van der Waals surface area contributed by atoms with Gasteiger partial charge in [-0.2, -0.15) is 0 Å². The van der Waals surface area contributed by atoms with Gasteiger partial charge in [0.15, 0.2) is 5.78 Å². The molecule has 4 nitrogen and oxygen atoms in total. The molecule has 0 bridgehead atoms. The first kappa shape index (κ1) is 21.0. The Morgan fingerprint density at radius 2 is 1.92 bits per heavy atom. The summed E-state index contributed by atoms with van der Waals surface area (Å²) in [7, 11) is 1.55. The highest BCUT2D eigenvalue weighted by Crippen LogP contribution is 2.28. The Morgan fingerprint density at radius 1 is 1.28 bits per heavy atom. The van der Waals surface area contributed by atoms with Crippen molar-refractivity contribution in [3.63, 3.8) is 0 Å². The maximum atomic E-state index is 12.9. The molecule has 0 aromatic heterocycles. The third-order valence-corrected chi connectivity index (χ3v) is 4.00. The number of hydrogen-bond acceptors (Lipinski definition) is 4. The second kappa shape index (κ2) is 10.7. The summed E-state index contributed by atoms with van der Waals surface area (Å²) in [5, 5.41) is 0.492. The van der Waals surface area contributed by atoms with E-state index in [1.54, 1.807) is 44.4 Å². The molecular weight excluding hydrogens is 340 g/mol. The summed E-state index contributed by atoms with van der Waals surface area (Å²) in [6.07, 6.45) is 3.24. The lowest BCUT2D eigenvalue weighted by molar-refractivity contribution is -0.146. The maximum Gasteiger partial charge on any atom is 0.316 e. The van der Waals surface area contributed by atoms with Gasteiger partial charge >= 0.3 is 5.97 Å². The minimum atomic E-state index is -0.880. The van der Waals surface area contributed by atoms with Crippen molar-refractivity contribution < 1.29 is 19.1 Å². The van der Waals surface area contributed by atoms with Crippen LogP contribution in [0.4, 0.5) is 0 Å². The van der Waals surface area contributed by atoms with Gasteiger partial charge in [0.25, 0.3) is 0 Å². The highest BCUT2D eigenvalue weighted by atomic mass is 35.5. The normalized spacial score (nSPS) is 12.8. The summed E-state index contributed by atoms with van der Waals surface area (Å²) < 4.78 is 10.2. The minimum Gasteiger partial charge on any atom is -0.497 e. The summed E-state index contributed by atoms with van der Waals surface area (Å²) in [6.45, 7) is 9.37. The minimum absolute atomic E-state index is 0.000829. The molecule has 5 heteroatoms. The van der Waals surface area contributed by atoms with Gasteiger partial charge in [0.05, 0.1) is 13.7 Å². The number of ketones is 1. The monoisotopic (exact) mass is 364 g/mol. The van der Waals surface area contributed by atoms with Crippen LogP contribution >= 0.6 is 11.6 Å². The molecule has 1 rings (SSSR count). The van der Waals surface area contributed by atoms with Gasteiger partial charge in [-0.3, -0.25) is 9.59 Å². The molecule has 2 atom stereocenters. The molecule has 0 N–H and O–H groups in total. The molecule has 0 aliphatic heterocycles. The summed E-state index contributed by atoms with van der Waals surface area (Å²) in [4.78, 5) is 25.2. The van der Waals surface area contributed by atoms with E-state index in [-0.39, 0.29) is 18.3 Å². The predicted molar refractivity (Wildman–Crippen MR) is 100.0 cm³/mol.